The number of ether oxygens (including phenoxy) is 1. The first-order valence-electron chi connectivity index (χ1n) is 10.2. The summed E-state index contributed by atoms with van der Waals surface area (Å²) in [5, 5.41) is 0.501. The van der Waals surface area contributed by atoms with Gasteiger partial charge in [0.15, 0.2) is 6.61 Å². The Bertz CT molecular complexity index is 1060. The molecule has 0 aliphatic carbocycles. The highest BCUT2D eigenvalue weighted by Gasteiger charge is 2.17. The average Bonchev–Trinajstić information content (AvgIpc) is 3.02. The van der Waals surface area contributed by atoms with Crippen LogP contribution < -0.4 is 10.2 Å². The summed E-state index contributed by atoms with van der Waals surface area (Å²) >= 11 is 0. The third-order valence-corrected chi connectivity index (χ3v) is 5.42. The van der Waals surface area contributed by atoms with Crippen LogP contribution in [0.2, 0.25) is 0 Å². The summed E-state index contributed by atoms with van der Waals surface area (Å²) in [5.41, 5.74) is 1.81. The normalized spacial score (nSPS) is 14.6. The van der Waals surface area contributed by atoms with Gasteiger partial charge in [-0.1, -0.05) is 43.2 Å². The van der Waals surface area contributed by atoms with E-state index in [2.05, 4.69) is 0 Å². The molecule has 0 atom stereocenters. The topological polar surface area (TPSA) is 59.8 Å². The quantitative estimate of drug-likeness (QED) is 0.655. The minimum atomic E-state index is -0.0675. The summed E-state index contributed by atoms with van der Waals surface area (Å²) in [6.45, 7) is 3.39. The summed E-state index contributed by atoms with van der Waals surface area (Å²) in [6.07, 6.45) is 4.46. The van der Waals surface area contributed by atoms with Crippen LogP contribution in [0.3, 0.4) is 0 Å². The first-order valence-corrected chi connectivity index (χ1v) is 10.2. The molecule has 2 aromatic carbocycles. The predicted octanol–water partition coefficient (Wildman–Crippen LogP) is 4.55. The molecule has 150 valence electrons. The van der Waals surface area contributed by atoms with E-state index in [4.69, 9.17) is 9.15 Å². The van der Waals surface area contributed by atoms with Gasteiger partial charge in [0.1, 0.15) is 17.1 Å². The Labute approximate surface area is 169 Å². The summed E-state index contributed by atoms with van der Waals surface area (Å²) in [4.78, 5) is 27.3. The molecule has 0 spiro atoms. The molecule has 1 fully saturated rings. The lowest BCUT2D eigenvalue weighted by molar-refractivity contribution is -0.133. The second-order valence-electron chi connectivity index (χ2n) is 7.47. The van der Waals surface area contributed by atoms with Gasteiger partial charge in [0, 0.05) is 19.2 Å². The largest absolute Gasteiger partial charge is 0.484 e. The Hall–Kier alpha value is -3.08. The first-order chi connectivity index (χ1) is 14.1. The van der Waals surface area contributed by atoms with Crippen molar-refractivity contribution in [2.24, 2.45) is 0 Å². The second-order valence-corrected chi connectivity index (χ2v) is 7.47. The van der Waals surface area contributed by atoms with E-state index in [9.17, 15) is 9.59 Å². The van der Waals surface area contributed by atoms with Gasteiger partial charge in [-0.25, -0.2) is 0 Å². The first kappa shape index (κ1) is 19.2. The lowest BCUT2D eigenvalue weighted by Gasteiger charge is -2.20. The number of hydrogen-bond donors (Lipinski definition) is 0. The molecular formula is C24H25NO4. The minimum absolute atomic E-state index is 0.00315. The molecule has 4 rings (SSSR count). The molecular weight excluding hydrogens is 366 g/mol. The van der Waals surface area contributed by atoms with Crippen LogP contribution in [0.5, 0.6) is 5.75 Å². The molecule has 0 N–H and O–H groups in total. The van der Waals surface area contributed by atoms with Gasteiger partial charge in [0.25, 0.3) is 5.91 Å². The fraction of sp³-hybridized carbons (Fsp3) is 0.333. The van der Waals surface area contributed by atoms with E-state index in [0.29, 0.717) is 28.0 Å². The smallest absolute Gasteiger partial charge is 0.260 e. The molecule has 5 heteroatoms. The second kappa shape index (κ2) is 8.52. The summed E-state index contributed by atoms with van der Waals surface area (Å²) < 4.78 is 11.6. The van der Waals surface area contributed by atoms with E-state index in [1.165, 1.54) is 12.8 Å². The van der Waals surface area contributed by atoms with Crippen molar-refractivity contribution in [1.29, 1.82) is 0 Å². The fourth-order valence-corrected chi connectivity index (χ4v) is 3.87. The molecule has 29 heavy (non-hydrogen) atoms. The number of aryl methyl sites for hydroxylation is 1. The van der Waals surface area contributed by atoms with Crippen LogP contribution in [0, 0.1) is 6.92 Å². The lowest BCUT2D eigenvalue weighted by Crippen LogP contribution is -2.35. The van der Waals surface area contributed by atoms with Crippen LogP contribution in [0.1, 0.15) is 31.4 Å². The Morgan fingerprint density at radius 2 is 1.76 bits per heavy atom. The van der Waals surface area contributed by atoms with Crippen LogP contribution in [-0.4, -0.2) is 30.5 Å². The molecule has 0 radical (unpaired) electrons. The number of carbonyl (C=O) groups is 1. The molecule has 1 aliphatic heterocycles. The number of rotatable bonds is 4. The van der Waals surface area contributed by atoms with Crippen molar-refractivity contribution in [2.75, 3.05) is 19.7 Å². The van der Waals surface area contributed by atoms with E-state index in [1.807, 2.05) is 35.2 Å². The van der Waals surface area contributed by atoms with Crippen molar-refractivity contribution in [3.63, 3.8) is 0 Å². The maximum Gasteiger partial charge on any atom is 0.260 e. The highest BCUT2D eigenvalue weighted by Crippen LogP contribution is 2.26. The Morgan fingerprint density at radius 1 is 1.03 bits per heavy atom. The number of fused-ring (bicyclic) bond motifs is 1. The maximum absolute atomic E-state index is 13.0. The van der Waals surface area contributed by atoms with Crippen molar-refractivity contribution in [3.05, 3.63) is 64.5 Å². The van der Waals surface area contributed by atoms with Gasteiger partial charge in [0.2, 0.25) is 5.43 Å². The number of benzene rings is 2. The van der Waals surface area contributed by atoms with E-state index >= 15 is 0 Å². The molecule has 1 aliphatic rings. The summed E-state index contributed by atoms with van der Waals surface area (Å²) in [7, 11) is 0. The molecule has 0 bridgehead atoms. The van der Waals surface area contributed by atoms with E-state index in [0.717, 1.165) is 31.5 Å². The zero-order valence-corrected chi connectivity index (χ0v) is 16.6. The third kappa shape index (κ3) is 4.19. The van der Waals surface area contributed by atoms with Crippen LogP contribution >= 0.6 is 0 Å². The molecule has 1 saturated heterocycles. The van der Waals surface area contributed by atoms with Crippen molar-refractivity contribution < 1.29 is 13.9 Å². The SMILES string of the molecule is Cc1oc2cc(OCC(=O)N3CCCCCC3)ccc2c(=O)c1-c1ccccc1. The monoisotopic (exact) mass is 391 g/mol. The molecule has 5 nitrogen and oxygen atoms in total. The maximum atomic E-state index is 13.0. The molecule has 0 unspecified atom stereocenters. The number of carbonyl (C=O) groups excluding carboxylic acids is 1. The van der Waals surface area contributed by atoms with Gasteiger partial charge in [0.05, 0.1) is 10.9 Å². The van der Waals surface area contributed by atoms with Crippen LogP contribution in [0.25, 0.3) is 22.1 Å². The van der Waals surface area contributed by atoms with Gasteiger partial charge in [-0.15, -0.1) is 0 Å². The van der Waals surface area contributed by atoms with Gasteiger partial charge < -0.3 is 14.1 Å². The van der Waals surface area contributed by atoms with Crippen LogP contribution in [0.15, 0.2) is 57.7 Å². The summed E-state index contributed by atoms with van der Waals surface area (Å²) in [6, 6.07) is 14.6. The number of amides is 1. The summed E-state index contributed by atoms with van der Waals surface area (Å²) in [5.74, 6) is 1.09. The van der Waals surface area contributed by atoms with E-state index < -0.39 is 0 Å². The van der Waals surface area contributed by atoms with Crippen molar-refractivity contribution in [3.8, 4) is 16.9 Å². The highest BCUT2D eigenvalue weighted by molar-refractivity contribution is 5.84. The number of nitrogens with zero attached hydrogens (tertiary/aromatic N) is 1. The van der Waals surface area contributed by atoms with Crippen molar-refractivity contribution in [1.82, 2.24) is 4.90 Å². The lowest BCUT2D eigenvalue weighted by atomic mass is 10.0. The third-order valence-electron chi connectivity index (χ3n) is 5.42. The fourth-order valence-electron chi connectivity index (χ4n) is 3.87. The van der Waals surface area contributed by atoms with Crippen molar-refractivity contribution >= 4 is 16.9 Å². The molecule has 1 aromatic heterocycles. The predicted molar refractivity (Wildman–Crippen MR) is 113 cm³/mol. The van der Waals surface area contributed by atoms with Gasteiger partial charge in [-0.3, -0.25) is 9.59 Å². The van der Waals surface area contributed by atoms with Crippen molar-refractivity contribution in [2.45, 2.75) is 32.6 Å². The average molecular weight is 391 g/mol. The number of hydrogen-bond acceptors (Lipinski definition) is 4. The molecule has 1 amide bonds. The van der Waals surface area contributed by atoms with Gasteiger partial charge in [-0.2, -0.15) is 0 Å². The Kier molecular flexibility index (Phi) is 5.65. The Morgan fingerprint density at radius 3 is 2.48 bits per heavy atom. The highest BCUT2D eigenvalue weighted by atomic mass is 16.5. The standard InChI is InChI=1S/C24H25NO4/c1-17-23(18-9-5-4-6-10-18)24(27)20-12-11-19(15-21(20)29-17)28-16-22(26)25-13-7-2-3-8-14-25/h4-6,9-12,15H,2-3,7-8,13-14,16H2,1H3. The molecule has 0 saturated carbocycles. The molecule has 2 heterocycles. The number of likely N-dealkylation sites (tertiary alicyclic amines) is 1. The molecule has 3 aromatic rings. The van der Waals surface area contributed by atoms with Crippen LogP contribution in [0.4, 0.5) is 0 Å². The Balaban J connectivity index is 1.55. The van der Waals surface area contributed by atoms with Crippen LogP contribution in [-0.2, 0) is 4.79 Å². The van der Waals surface area contributed by atoms with Gasteiger partial charge in [-0.05, 0) is 37.5 Å². The minimum Gasteiger partial charge on any atom is -0.484 e. The van der Waals surface area contributed by atoms with Gasteiger partial charge >= 0.3 is 0 Å². The van der Waals surface area contributed by atoms with E-state index in [1.54, 1.807) is 25.1 Å². The zero-order chi connectivity index (χ0) is 20.2. The zero-order valence-electron chi connectivity index (χ0n) is 16.6. The van der Waals surface area contributed by atoms with E-state index in [-0.39, 0.29) is 17.9 Å².